The van der Waals surface area contributed by atoms with Gasteiger partial charge in [-0.25, -0.2) is 0 Å². The van der Waals surface area contributed by atoms with Crippen molar-refractivity contribution in [3.63, 3.8) is 0 Å². The molecule has 2 nitrogen and oxygen atoms in total. The first-order valence-electron chi connectivity index (χ1n) is 4.37. The Bertz CT molecular complexity index is 294. The van der Waals surface area contributed by atoms with E-state index in [4.69, 9.17) is 0 Å². The van der Waals surface area contributed by atoms with Gasteiger partial charge in [0.2, 0.25) is 0 Å². The number of hydrogen-bond acceptors (Lipinski definition) is 2. The van der Waals surface area contributed by atoms with Gasteiger partial charge in [0.05, 0.1) is 11.4 Å². The van der Waals surface area contributed by atoms with Crippen molar-refractivity contribution in [2.24, 2.45) is 0 Å². The molecule has 0 spiro atoms. The molecule has 1 unspecified atom stereocenters. The fraction of sp³-hybridized carbons (Fsp3) is 0.400. The summed E-state index contributed by atoms with van der Waals surface area (Å²) in [5.74, 6) is 0. The Morgan fingerprint density at radius 3 is 3.00 bits per heavy atom. The fourth-order valence-electron chi connectivity index (χ4n) is 1.51. The zero-order chi connectivity index (χ0) is 8.55. The summed E-state index contributed by atoms with van der Waals surface area (Å²) >= 11 is 0. The smallest absolute Gasteiger partial charge is 0.0579 e. The lowest BCUT2D eigenvalue weighted by Crippen LogP contribution is -2.29. The number of anilines is 2. The van der Waals surface area contributed by atoms with E-state index in [1.165, 1.54) is 16.9 Å². The van der Waals surface area contributed by atoms with Gasteiger partial charge in [0.15, 0.2) is 0 Å². The Labute approximate surface area is 73.0 Å². The Balaban J connectivity index is 2.37. The van der Waals surface area contributed by atoms with Gasteiger partial charge in [-0.15, -0.1) is 0 Å². The van der Waals surface area contributed by atoms with E-state index in [0.29, 0.717) is 6.04 Å². The largest absolute Gasteiger partial charge is 0.381 e. The minimum atomic E-state index is 0.528. The van der Waals surface area contributed by atoms with E-state index >= 15 is 0 Å². The molecule has 64 valence electrons. The summed E-state index contributed by atoms with van der Waals surface area (Å²) < 4.78 is 0. The van der Waals surface area contributed by atoms with Crippen molar-refractivity contribution in [2.75, 3.05) is 17.2 Å². The van der Waals surface area contributed by atoms with Crippen molar-refractivity contribution < 1.29 is 0 Å². The van der Waals surface area contributed by atoms with Crippen molar-refractivity contribution in [1.82, 2.24) is 0 Å². The van der Waals surface area contributed by atoms with Gasteiger partial charge in [0.25, 0.3) is 0 Å². The molecule has 1 heterocycles. The average Bonchev–Trinajstić information content (AvgIpc) is 2.05. The van der Waals surface area contributed by atoms with Gasteiger partial charge in [0, 0.05) is 12.6 Å². The highest BCUT2D eigenvalue weighted by molar-refractivity contribution is 5.71. The number of fused-ring (bicyclic) bond motifs is 1. The molecule has 0 saturated carbocycles. The predicted octanol–water partition coefficient (Wildman–Crippen LogP) is 2.22. The molecule has 1 aromatic carbocycles. The lowest BCUT2D eigenvalue weighted by atomic mass is 10.1. The Kier molecular flexibility index (Phi) is 1.68. The number of nitrogens with one attached hydrogen (secondary N) is 2. The van der Waals surface area contributed by atoms with Crippen LogP contribution in [-0.4, -0.2) is 12.6 Å². The molecule has 1 atom stereocenters. The van der Waals surface area contributed by atoms with Gasteiger partial charge in [-0.2, -0.15) is 0 Å². The van der Waals surface area contributed by atoms with Gasteiger partial charge < -0.3 is 10.6 Å². The number of aryl methyl sites for hydroxylation is 1. The van der Waals surface area contributed by atoms with E-state index in [9.17, 15) is 0 Å². The Morgan fingerprint density at radius 1 is 1.33 bits per heavy atom. The van der Waals surface area contributed by atoms with Crippen LogP contribution in [-0.2, 0) is 0 Å². The molecule has 2 rings (SSSR count). The Hall–Kier alpha value is -1.18. The zero-order valence-electron chi connectivity index (χ0n) is 7.52. The van der Waals surface area contributed by atoms with Crippen LogP contribution in [0.1, 0.15) is 12.5 Å². The first kappa shape index (κ1) is 7.47. The van der Waals surface area contributed by atoms with Crippen molar-refractivity contribution >= 4 is 11.4 Å². The maximum Gasteiger partial charge on any atom is 0.0579 e. The molecule has 0 radical (unpaired) electrons. The molecular weight excluding hydrogens is 148 g/mol. The maximum absolute atomic E-state index is 3.42. The fourth-order valence-corrected chi connectivity index (χ4v) is 1.51. The van der Waals surface area contributed by atoms with Crippen LogP contribution in [0.25, 0.3) is 0 Å². The number of benzene rings is 1. The average molecular weight is 162 g/mol. The summed E-state index contributed by atoms with van der Waals surface area (Å²) in [7, 11) is 0. The summed E-state index contributed by atoms with van der Waals surface area (Å²) in [5, 5.41) is 6.82. The molecule has 2 heteroatoms. The topological polar surface area (TPSA) is 24.1 Å². The molecular formula is C10H14N2. The zero-order valence-corrected chi connectivity index (χ0v) is 7.52. The molecule has 1 aromatic rings. The third-order valence-electron chi connectivity index (χ3n) is 2.18. The van der Waals surface area contributed by atoms with Crippen LogP contribution in [0.4, 0.5) is 11.4 Å². The summed E-state index contributed by atoms with van der Waals surface area (Å²) in [6.07, 6.45) is 0. The van der Waals surface area contributed by atoms with E-state index in [2.05, 4.69) is 42.7 Å². The van der Waals surface area contributed by atoms with Crippen molar-refractivity contribution in [2.45, 2.75) is 19.9 Å². The van der Waals surface area contributed by atoms with E-state index in [1.807, 2.05) is 0 Å². The molecule has 0 amide bonds. The normalized spacial score (nSPS) is 20.7. The lowest BCUT2D eigenvalue weighted by Gasteiger charge is -2.25. The van der Waals surface area contributed by atoms with Gasteiger partial charge in [-0.05, 0) is 31.5 Å². The monoisotopic (exact) mass is 162 g/mol. The molecule has 12 heavy (non-hydrogen) atoms. The first-order chi connectivity index (χ1) is 5.75. The SMILES string of the molecule is Cc1ccc2c(c1)NCC(C)N2. The number of rotatable bonds is 0. The van der Waals surface area contributed by atoms with E-state index in [0.717, 1.165) is 6.54 Å². The van der Waals surface area contributed by atoms with E-state index in [1.54, 1.807) is 0 Å². The first-order valence-corrected chi connectivity index (χ1v) is 4.37. The standard InChI is InChI=1S/C10H14N2/c1-7-3-4-9-10(5-7)11-6-8(2)12-9/h3-5,8,11-12H,6H2,1-2H3. The summed E-state index contributed by atoms with van der Waals surface area (Å²) in [5.41, 5.74) is 3.75. The van der Waals surface area contributed by atoms with Gasteiger partial charge in [-0.1, -0.05) is 6.07 Å². The van der Waals surface area contributed by atoms with E-state index in [-0.39, 0.29) is 0 Å². The third-order valence-corrected chi connectivity index (χ3v) is 2.18. The van der Waals surface area contributed by atoms with Gasteiger partial charge in [-0.3, -0.25) is 0 Å². The highest BCUT2D eigenvalue weighted by Crippen LogP contribution is 2.26. The second-order valence-corrected chi connectivity index (χ2v) is 3.48. The highest BCUT2D eigenvalue weighted by atomic mass is 15.1. The molecule has 0 bridgehead atoms. The van der Waals surface area contributed by atoms with Crippen LogP contribution in [0, 0.1) is 6.92 Å². The molecule has 0 fully saturated rings. The lowest BCUT2D eigenvalue weighted by molar-refractivity contribution is 0.817. The van der Waals surface area contributed by atoms with Gasteiger partial charge >= 0.3 is 0 Å². The second-order valence-electron chi connectivity index (χ2n) is 3.48. The Morgan fingerprint density at radius 2 is 2.17 bits per heavy atom. The third kappa shape index (κ3) is 1.24. The summed E-state index contributed by atoms with van der Waals surface area (Å²) in [6, 6.07) is 6.97. The van der Waals surface area contributed by atoms with Crippen LogP contribution in [0.3, 0.4) is 0 Å². The van der Waals surface area contributed by atoms with Crippen LogP contribution in [0.5, 0.6) is 0 Å². The molecule has 1 aliphatic heterocycles. The molecule has 0 aromatic heterocycles. The van der Waals surface area contributed by atoms with Crippen molar-refractivity contribution in [1.29, 1.82) is 0 Å². The van der Waals surface area contributed by atoms with Crippen molar-refractivity contribution in [3.05, 3.63) is 23.8 Å². The minimum absolute atomic E-state index is 0.528. The van der Waals surface area contributed by atoms with Crippen LogP contribution >= 0.6 is 0 Å². The molecule has 0 aliphatic carbocycles. The van der Waals surface area contributed by atoms with E-state index < -0.39 is 0 Å². The van der Waals surface area contributed by atoms with Gasteiger partial charge in [0.1, 0.15) is 0 Å². The molecule has 1 aliphatic rings. The minimum Gasteiger partial charge on any atom is -0.381 e. The molecule has 0 saturated heterocycles. The van der Waals surface area contributed by atoms with Crippen LogP contribution in [0.2, 0.25) is 0 Å². The van der Waals surface area contributed by atoms with Crippen LogP contribution in [0.15, 0.2) is 18.2 Å². The predicted molar refractivity (Wildman–Crippen MR) is 52.8 cm³/mol. The summed E-state index contributed by atoms with van der Waals surface area (Å²) in [6.45, 7) is 5.30. The highest BCUT2D eigenvalue weighted by Gasteiger charge is 2.11. The summed E-state index contributed by atoms with van der Waals surface area (Å²) in [4.78, 5) is 0. The second kappa shape index (κ2) is 2.70. The molecule has 2 N–H and O–H groups in total. The number of hydrogen-bond donors (Lipinski definition) is 2. The maximum atomic E-state index is 3.42. The van der Waals surface area contributed by atoms with Crippen molar-refractivity contribution in [3.8, 4) is 0 Å². The quantitative estimate of drug-likeness (QED) is 0.611. The van der Waals surface area contributed by atoms with Crippen LogP contribution < -0.4 is 10.6 Å².